The Morgan fingerprint density at radius 2 is 2.33 bits per heavy atom. The van der Waals surface area contributed by atoms with E-state index in [0.29, 0.717) is 5.92 Å². The van der Waals surface area contributed by atoms with Gasteiger partial charge in [-0.3, -0.25) is 9.58 Å². The Morgan fingerprint density at radius 1 is 1.48 bits per heavy atom. The summed E-state index contributed by atoms with van der Waals surface area (Å²) in [7, 11) is 1.77. The van der Waals surface area contributed by atoms with Gasteiger partial charge in [-0.1, -0.05) is 0 Å². The number of fused-ring (bicyclic) bond motifs is 1. The first-order chi connectivity index (χ1) is 10.2. The van der Waals surface area contributed by atoms with Crippen molar-refractivity contribution in [3.63, 3.8) is 0 Å². The fourth-order valence-corrected chi connectivity index (χ4v) is 3.86. The molecule has 0 saturated carbocycles. The molecule has 0 saturated heterocycles. The van der Waals surface area contributed by atoms with E-state index >= 15 is 0 Å². The van der Waals surface area contributed by atoms with Crippen LogP contribution in [0.1, 0.15) is 34.7 Å². The molecule has 0 N–H and O–H groups in total. The molecule has 0 bridgehead atoms. The van der Waals surface area contributed by atoms with E-state index in [1.807, 2.05) is 11.7 Å². The highest BCUT2D eigenvalue weighted by atomic mass is 32.1. The van der Waals surface area contributed by atoms with Crippen molar-refractivity contribution in [1.29, 1.82) is 0 Å². The summed E-state index contributed by atoms with van der Waals surface area (Å²) >= 11 is 1.74. The van der Waals surface area contributed by atoms with Crippen LogP contribution in [0.25, 0.3) is 0 Å². The van der Waals surface area contributed by atoms with E-state index < -0.39 is 0 Å². The molecule has 2 aromatic rings. The van der Waals surface area contributed by atoms with Gasteiger partial charge in [0.2, 0.25) is 0 Å². The SMILES string of the molecule is CCn1ncc2c1CN(Cc1scnc1C)C[C@@H]2COC. The van der Waals surface area contributed by atoms with Gasteiger partial charge in [0, 0.05) is 49.6 Å². The third-order valence-corrected chi connectivity index (χ3v) is 5.07. The van der Waals surface area contributed by atoms with Gasteiger partial charge in [0.25, 0.3) is 0 Å². The van der Waals surface area contributed by atoms with Crippen LogP contribution < -0.4 is 0 Å². The van der Waals surface area contributed by atoms with Gasteiger partial charge in [0.15, 0.2) is 0 Å². The monoisotopic (exact) mass is 306 g/mol. The predicted molar refractivity (Wildman–Crippen MR) is 83.5 cm³/mol. The smallest absolute Gasteiger partial charge is 0.0798 e. The first kappa shape index (κ1) is 14.7. The highest BCUT2D eigenvalue weighted by Crippen LogP contribution is 2.30. The van der Waals surface area contributed by atoms with Crippen molar-refractivity contribution >= 4 is 11.3 Å². The van der Waals surface area contributed by atoms with Gasteiger partial charge in [-0.15, -0.1) is 11.3 Å². The van der Waals surface area contributed by atoms with Crippen LogP contribution in [0.15, 0.2) is 11.7 Å². The normalized spacial score (nSPS) is 18.9. The summed E-state index contributed by atoms with van der Waals surface area (Å²) < 4.78 is 7.53. The van der Waals surface area contributed by atoms with Crippen molar-refractivity contribution in [2.24, 2.45) is 0 Å². The molecule has 1 aliphatic heterocycles. The lowest BCUT2D eigenvalue weighted by atomic mass is 9.95. The second kappa shape index (κ2) is 6.25. The standard InChI is InChI=1S/C15H22N4OS/c1-4-19-14-7-18(8-15-11(2)16-10-21-15)6-12(9-20-3)13(14)5-17-19/h5,10,12H,4,6-9H2,1-3H3/t12-/m1/s1. The van der Waals surface area contributed by atoms with E-state index in [1.165, 1.54) is 16.1 Å². The van der Waals surface area contributed by atoms with E-state index in [0.717, 1.165) is 38.5 Å². The second-order valence-corrected chi connectivity index (χ2v) is 6.48. The Balaban J connectivity index is 1.83. The first-order valence-electron chi connectivity index (χ1n) is 7.37. The summed E-state index contributed by atoms with van der Waals surface area (Å²) in [5.74, 6) is 0.410. The molecule has 21 heavy (non-hydrogen) atoms. The third-order valence-electron chi connectivity index (χ3n) is 4.15. The number of hydrogen-bond acceptors (Lipinski definition) is 5. The average Bonchev–Trinajstić information content (AvgIpc) is 3.06. The summed E-state index contributed by atoms with van der Waals surface area (Å²) in [4.78, 5) is 8.20. The number of aryl methyl sites for hydroxylation is 2. The van der Waals surface area contributed by atoms with Crippen LogP contribution >= 0.6 is 11.3 Å². The van der Waals surface area contributed by atoms with Crippen molar-refractivity contribution in [2.75, 3.05) is 20.3 Å². The zero-order valence-corrected chi connectivity index (χ0v) is 13.7. The second-order valence-electron chi connectivity index (χ2n) is 5.55. The first-order valence-corrected chi connectivity index (χ1v) is 8.25. The van der Waals surface area contributed by atoms with Crippen LogP contribution in [0.3, 0.4) is 0 Å². The molecule has 5 nitrogen and oxygen atoms in total. The number of aromatic nitrogens is 3. The Bertz CT molecular complexity index is 607. The molecule has 114 valence electrons. The van der Waals surface area contributed by atoms with E-state index in [9.17, 15) is 0 Å². The Morgan fingerprint density at radius 3 is 3.00 bits per heavy atom. The summed E-state index contributed by atoms with van der Waals surface area (Å²) in [6, 6.07) is 0. The van der Waals surface area contributed by atoms with Crippen LogP contribution in [0.5, 0.6) is 0 Å². The largest absolute Gasteiger partial charge is 0.384 e. The van der Waals surface area contributed by atoms with Gasteiger partial charge in [0.1, 0.15) is 0 Å². The molecule has 3 rings (SSSR count). The van der Waals surface area contributed by atoms with Gasteiger partial charge in [-0.25, -0.2) is 4.98 Å². The van der Waals surface area contributed by atoms with E-state index in [4.69, 9.17) is 4.74 Å². The van der Waals surface area contributed by atoms with Gasteiger partial charge in [-0.2, -0.15) is 5.10 Å². The van der Waals surface area contributed by atoms with Crippen molar-refractivity contribution < 1.29 is 4.74 Å². The average molecular weight is 306 g/mol. The number of nitrogens with zero attached hydrogens (tertiary/aromatic N) is 4. The molecule has 0 spiro atoms. The van der Waals surface area contributed by atoms with E-state index in [2.05, 4.69) is 33.5 Å². The summed E-state index contributed by atoms with van der Waals surface area (Å²) in [5, 5.41) is 4.52. The van der Waals surface area contributed by atoms with Gasteiger partial charge < -0.3 is 4.74 Å². The van der Waals surface area contributed by atoms with E-state index in [1.54, 1.807) is 18.4 Å². The minimum Gasteiger partial charge on any atom is -0.384 e. The number of hydrogen-bond donors (Lipinski definition) is 0. The maximum atomic E-state index is 5.41. The molecule has 1 atom stereocenters. The molecule has 6 heteroatoms. The van der Waals surface area contributed by atoms with Crippen LogP contribution in [0.4, 0.5) is 0 Å². The lowest BCUT2D eigenvalue weighted by molar-refractivity contribution is 0.134. The lowest BCUT2D eigenvalue weighted by Crippen LogP contribution is -2.35. The lowest BCUT2D eigenvalue weighted by Gasteiger charge is -2.32. The van der Waals surface area contributed by atoms with E-state index in [-0.39, 0.29) is 0 Å². The predicted octanol–water partition coefficient (Wildman–Crippen LogP) is 2.41. The quantitative estimate of drug-likeness (QED) is 0.851. The topological polar surface area (TPSA) is 43.2 Å². The Hall–Kier alpha value is -1.24. The number of thiazole rings is 1. The fraction of sp³-hybridized carbons (Fsp3) is 0.600. The van der Waals surface area contributed by atoms with Crippen molar-refractivity contribution in [3.8, 4) is 0 Å². The zero-order valence-electron chi connectivity index (χ0n) is 12.9. The molecule has 3 heterocycles. The fourth-order valence-electron chi connectivity index (χ4n) is 3.04. The summed E-state index contributed by atoms with van der Waals surface area (Å²) in [6.07, 6.45) is 2.03. The minimum atomic E-state index is 0.410. The third kappa shape index (κ3) is 2.88. The summed E-state index contributed by atoms with van der Waals surface area (Å²) in [5.41, 5.74) is 5.78. The molecule has 0 aliphatic carbocycles. The zero-order chi connectivity index (χ0) is 14.8. The van der Waals surface area contributed by atoms with Crippen LogP contribution in [-0.2, 0) is 24.4 Å². The Kier molecular flexibility index (Phi) is 4.37. The van der Waals surface area contributed by atoms with Crippen LogP contribution in [-0.4, -0.2) is 39.9 Å². The summed E-state index contributed by atoms with van der Waals surface area (Å²) in [6.45, 7) is 8.84. The number of ether oxygens (including phenoxy) is 1. The van der Waals surface area contributed by atoms with Crippen molar-refractivity contribution in [3.05, 3.63) is 33.5 Å². The minimum absolute atomic E-state index is 0.410. The number of rotatable bonds is 5. The molecule has 2 aromatic heterocycles. The van der Waals surface area contributed by atoms with Crippen molar-refractivity contribution in [1.82, 2.24) is 19.7 Å². The molecular formula is C15H22N4OS. The van der Waals surface area contributed by atoms with Crippen LogP contribution in [0.2, 0.25) is 0 Å². The van der Waals surface area contributed by atoms with Gasteiger partial charge in [0.05, 0.1) is 29.7 Å². The highest BCUT2D eigenvalue weighted by molar-refractivity contribution is 7.09. The van der Waals surface area contributed by atoms with Crippen molar-refractivity contribution in [2.45, 2.75) is 39.4 Å². The molecule has 0 amide bonds. The molecule has 0 fully saturated rings. The maximum Gasteiger partial charge on any atom is 0.0798 e. The molecular weight excluding hydrogens is 284 g/mol. The number of methoxy groups -OCH3 is 1. The van der Waals surface area contributed by atoms with Crippen LogP contribution in [0, 0.1) is 6.92 Å². The van der Waals surface area contributed by atoms with Gasteiger partial charge >= 0.3 is 0 Å². The molecule has 0 unspecified atom stereocenters. The molecule has 0 radical (unpaired) electrons. The molecule has 0 aromatic carbocycles. The molecule has 1 aliphatic rings. The van der Waals surface area contributed by atoms with Gasteiger partial charge in [-0.05, 0) is 13.8 Å². The highest BCUT2D eigenvalue weighted by Gasteiger charge is 2.29. The maximum absolute atomic E-state index is 5.41. The Labute approximate surface area is 129 Å².